The maximum atomic E-state index is 4.95. The van der Waals surface area contributed by atoms with Crippen LogP contribution < -0.4 is 0 Å². The first-order valence-electron chi connectivity index (χ1n) is 29.0. The maximum absolute atomic E-state index is 4.95. The van der Waals surface area contributed by atoms with Crippen LogP contribution in [-0.4, -0.2) is 39.8 Å². The summed E-state index contributed by atoms with van der Waals surface area (Å²) in [5.41, 5.74) is 0. The van der Waals surface area contributed by atoms with Crippen molar-refractivity contribution in [2.75, 3.05) is 17.3 Å². The van der Waals surface area contributed by atoms with Crippen LogP contribution in [0.15, 0.2) is 0 Å². The van der Waals surface area contributed by atoms with Gasteiger partial charge in [0.2, 0.25) is 0 Å². The summed E-state index contributed by atoms with van der Waals surface area (Å²) in [5.74, 6) is 2.87. The van der Waals surface area contributed by atoms with E-state index in [-0.39, 0.29) is 0 Å². The molecule has 0 aromatic carbocycles. The molecule has 0 rings (SSSR count). The first kappa shape index (κ1) is 70.4. The molecule has 0 spiro atoms. The van der Waals surface area contributed by atoms with E-state index in [1.807, 2.05) is 0 Å². The van der Waals surface area contributed by atoms with Gasteiger partial charge in [-0.3, -0.25) is 0 Å². The molecule has 0 radical (unpaired) electrons. The van der Waals surface area contributed by atoms with E-state index >= 15 is 0 Å². The van der Waals surface area contributed by atoms with Gasteiger partial charge in [-0.1, -0.05) is 329 Å². The Morgan fingerprint density at radius 1 is 0.177 bits per heavy atom. The minimum absolute atomic E-state index is 0.957. The van der Waals surface area contributed by atoms with Gasteiger partial charge in [-0.15, -0.1) is 0 Å². The standard InChI is InChI=1S/3C18H38S.C4H9.Sn/c3*1-2-3-4-5-6-7-8-9-10-11-12-13-14-15-16-17-18-19;1-3-4-2;/h3*19H,2-18H2,1H3;1,3-4H2,2H3;/q;;;;+3/p-3. The summed E-state index contributed by atoms with van der Waals surface area (Å²) in [7, 11) is 0. The molecule has 0 aromatic heterocycles. The molecule has 0 aliphatic heterocycles. The molecule has 0 heterocycles. The van der Waals surface area contributed by atoms with E-state index in [1.54, 1.807) is 22.5 Å². The van der Waals surface area contributed by atoms with E-state index in [1.165, 1.54) is 325 Å². The van der Waals surface area contributed by atoms with Crippen molar-refractivity contribution < 1.29 is 0 Å². The second-order valence-corrected chi connectivity index (χ2v) is 21.8. The van der Waals surface area contributed by atoms with Gasteiger partial charge in [-0.25, -0.2) is 0 Å². The minimum atomic E-state index is 0.957. The number of hydrogen-bond acceptors (Lipinski definition) is 3. The van der Waals surface area contributed by atoms with Gasteiger partial charge in [-0.05, 0) is 0 Å². The zero-order chi connectivity index (χ0) is 46.2. The van der Waals surface area contributed by atoms with Crippen LogP contribution in [0.5, 0.6) is 0 Å². The summed E-state index contributed by atoms with van der Waals surface area (Å²) >= 11 is 16.5. The third-order valence-corrected chi connectivity index (χ3v) is 14.4. The fourth-order valence-corrected chi connectivity index (χ4v) is 9.75. The zero-order valence-corrected chi connectivity index (χ0v) is 49.2. The van der Waals surface area contributed by atoms with Crippen molar-refractivity contribution in [3.05, 3.63) is 0 Å². The van der Waals surface area contributed by atoms with E-state index in [0.29, 0.717) is 0 Å². The van der Waals surface area contributed by atoms with E-state index < -0.39 is 0 Å². The Labute approximate surface area is 427 Å². The van der Waals surface area contributed by atoms with Gasteiger partial charge in [0.1, 0.15) is 0 Å². The number of unbranched alkanes of at least 4 members (excludes halogenated alkanes) is 46. The van der Waals surface area contributed by atoms with E-state index in [4.69, 9.17) is 37.9 Å². The molecule has 0 aliphatic rings. The second kappa shape index (κ2) is 77.1. The molecule has 0 atom stereocenters. The van der Waals surface area contributed by atoms with Crippen molar-refractivity contribution >= 4 is 60.4 Å². The summed E-state index contributed by atoms with van der Waals surface area (Å²) in [6.45, 7) is 9.10. The summed E-state index contributed by atoms with van der Waals surface area (Å²) in [6, 6.07) is 0. The Bertz CT molecular complexity index is 515. The Kier molecular flexibility index (Phi) is 87.5. The number of hydrogen-bond donors (Lipinski definition) is 0. The van der Waals surface area contributed by atoms with Gasteiger partial charge < -0.3 is 37.9 Å². The normalized spacial score (nSPS) is 10.9. The van der Waals surface area contributed by atoms with Crippen molar-refractivity contribution in [3.8, 4) is 0 Å². The van der Waals surface area contributed by atoms with Gasteiger partial charge in [0.15, 0.2) is 0 Å². The van der Waals surface area contributed by atoms with Crippen molar-refractivity contribution in [2.45, 2.75) is 353 Å². The molecule has 0 saturated heterocycles. The fourth-order valence-electron chi connectivity index (χ4n) is 8.13. The van der Waals surface area contributed by atoms with Gasteiger partial charge in [0, 0.05) is 0 Å². The van der Waals surface area contributed by atoms with Crippen molar-refractivity contribution in [1.82, 2.24) is 0 Å². The summed E-state index contributed by atoms with van der Waals surface area (Å²) in [5, 5.41) is 0. The quantitative estimate of drug-likeness (QED) is 0.0339. The molecule has 0 unspecified atom stereocenters. The summed E-state index contributed by atoms with van der Waals surface area (Å²) in [6.07, 6.45) is 71.7. The van der Waals surface area contributed by atoms with E-state index in [9.17, 15) is 0 Å². The molecule has 0 fully saturated rings. The van der Waals surface area contributed by atoms with Crippen LogP contribution in [0, 0.1) is 0 Å². The van der Waals surface area contributed by atoms with Gasteiger partial charge in [0.25, 0.3) is 0 Å². The monoisotopic (exact) mass is 1030 g/mol. The van der Waals surface area contributed by atoms with Gasteiger partial charge in [0.05, 0.1) is 0 Å². The summed E-state index contributed by atoms with van der Waals surface area (Å²) < 4.78 is 1.43. The van der Waals surface area contributed by atoms with Gasteiger partial charge in [-0.2, -0.15) is 17.3 Å². The third kappa shape index (κ3) is 85.2. The first-order valence-corrected chi connectivity index (χ1v) is 32.8. The first-order chi connectivity index (χ1) is 30.7. The molecule has 0 nitrogen and oxygen atoms in total. The Hall–Kier alpha value is 1.85. The fraction of sp³-hybridized carbons (Fsp3) is 1.00. The van der Waals surface area contributed by atoms with Crippen LogP contribution in [0.25, 0.3) is 0 Å². The van der Waals surface area contributed by atoms with Crippen LogP contribution >= 0.6 is 0 Å². The summed E-state index contributed by atoms with van der Waals surface area (Å²) in [4.78, 5) is 0. The second-order valence-electron chi connectivity index (χ2n) is 19.1. The Morgan fingerprint density at radius 3 is 0.371 bits per heavy atom. The third-order valence-electron chi connectivity index (χ3n) is 12.5. The molecular formula is C58H120S3Sn. The predicted octanol–water partition coefficient (Wildman–Crippen LogP) is 21.8. The SMILES string of the molecule is CCCCCCCCCCCCCCCCCC[S-].CCCCCCCCCCCCCCCCCC[S-].CCCCCCCCCCCCCCCCCC[S-].CCC[CH2][Sn+3]. The molecular weight excluding hydrogens is 912 g/mol. The molecule has 0 amide bonds. The average Bonchev–Trinajstić information content (AvgIpc) is 3.28. The van der Waals surface area contributed by atoms with Gasteiger partial charge >= 0.3 is 46.7 Å². The molecule has 4 heteroatoms. The van der Waals surface area contributed by atoms with E-state index in [0.717, 1.165) is 17.3 Å². The topological polar surface area (TPSA) is 0 Å². The van der Waals surface area contributed by atoms with Crippen molar-refractivity contribution in [2.24, 2.45) is 0 Å². The Balaban J connectivity index is -0.000000385. The van der Waals surface area contributed by atoms with Crippen molar-refractivity contribution in [1.29, 1.82) is 0 Å². The van der Waals surface area contributed by atoms with Crippen LogP contribution in [0.4, 0.5) is 0 Å². The van der Waals surface area contributed by atoms with Crippen LogP contribution in [0.3, 0.4) is 0 Å². The molecule has 0 saturated carbocycles. The molecule has 374 valence electrons. The van der Waals surface area contributed by atoms with Crippen LogP contribution in [0.1, 0.15) is 349 Å². The molecule has 0 aromatic rings. The van der Waals surface area contributed by atoms with Crippen molar-refractivity contribution in [3.63, 3.8) is 0 Å². The predicted molar refractivity (Wildman–Crippen MR) is 301 cm³/mol. The Morgan fingerprint density at radius 2 is 0.290 bits per heavy atom. The molecule has 0 bridgehead atoms. The number of rotatable bonds is 50. The van der Waals surface area contributed by atoms with E-state index in [2.05, 4.69) is 27.7 Å². The average molecular weight is 1030 g/mol. The van der Waals surface area contributed by atoms with Crippen LogP contribution in [0.2, 0.25) is 4.44 Å². The van der Waals surface area contributed by atoms with Crippen LogP contribution in [-0.2, 0) is 37.9 Å². The molecule has 0 aliphatic carbocycles. The molecule has 62 heavy (non-hydrogen) atoms. The zero-order valence-electron chi connectivity index (χ0n) is 43.9. The molecule has 0 N–H and O–H groups in total.